The molecule has 3 nitrogen and oxygen atoms in total. The number of benzene rings is 1. The zero-order chi connectivity index (χ0) is 12.3. The molecule has 17 heavy (non-hydrogen) atoms. The molecule has 1 heterocycles. The van der Waals surface area contributed by atoms with Crippen molar-refractivity contribution in [1.29, 1.82) is 0 Å². The summed E-state index contributed by atoms with van der Waals surface area (Å²) in [6.45, 7) is 2.60. The van der Waals surface area contributed by atoms with E-state index in [9.17, 15) is 4.39 Å². The smallest absolute Gasteiger partial charge is 0.150 e. The first kappa shape index (κ1) is 12.1. The molecule has 1 aromatic carbocycles. The van der Waals surface area contributed by atoms with Crippen molar-refractivity contribution in [3.05, 3.63) is 34.6 Å². The molecule has 1 N–H and O–H groups in total. The zero-order valence-corrected chi connectivity index (χ0v) is 10.6. The van der Waals surface area contributed by atoms with Crippen LogP contribution in [0.2, 0.25) is 0 Å². The fourth-order valence-corrected chi connectivity index (χ4v) is 2.37. The van der Waals surface area contributed by atoms with Crippen molar-refractivity contribution >= 4 is 11.3 Å². The first-order valence-corrected chi connectivity index (χ1v) is 6.26. The van der Waals surface area contributed by atoms with E-state index in [1.807, 2.05) is 13.1 Å². The van der Waals surface area contributed by atoms with Crippen molar-refractivity contribution in [1.82, 2.24) is 15.5 Å². The molecule has 5 heteroatoms. The fourth-order valence-electron chi connectivity index (χ4n) is 1.51. The third-order valence-electron chi connectivity index (χ3n) is 2.48. The highest BCUT2D eigenvalue weighted by Gasteiger charge is 2.12. The highest BCUT2D eigenvalue weighted by atomic mass is 32.1. The largest absolute Gasteiger partial charge is 0.319 e. The van der Waals surface area contributed by atoms with Gasteiger partial charge in [-0.05, 0) is 25.6 Å². The van der Waals surface area contributed by atoms with Crippen molar-refractivity contribution in [2.75, 3.05) is 13.6 Å². The molecule has 0 saturated heterocycles. The van der Waals surface area contributed by atoms with Gasteiger partial charge in [-0.25, -0.2) is 4.39 Å². The van der Waals surface area contributed by atoms with Gasteiger partial charge >= 0.3 is 0 Å². The Kier molecular flexibility index (Phi) is 3.81. The lowest BCUT2D eigenvalue weighted by Gasteiger charge is -2.00. The molecule has 2 rings (SSSR count). The number of hydrogen-bond acceptors (Lipinski definition) is 4. The van der Waals surface area contributed by atoms with Crippen molar-refractivity contribution < 1.29 is 4.39 Å². The molecule has 0 amide bonds. The second-order valence-corrected chi connectivity index (χ2v) is 4.85. The van der Waals surface area contributed by atoms with E-state index in [1.165, 1.54) is 11.3 Å². The van der Waals surface area contributed by atoms with E-state index in [1.54, 1.807) is 19.1 Å². The molecule has 1 aromatic heterocycles. The first-order valence-electron chi connectivity index (χ1n) is 5.45. The first-order chi connectivity index (χ1) is 8.22. The number of halogens is 1. The molecule has 0 saturated carbocycles. The van der Waals surface area contributed by atoms with Gasteiger partial charge in [0, 0.05) is 18.5 Å². The Bertz CT molecular complexity index is 510. The van der Waals surface area contributed by atoms with Crippen LogP contribution in [0, 0.1) is 12.7 Å². The monoisotopic (exact) mass is 251 g/mol. The van der Waals surface area contributed by atoms with Gasteiger partial charge in [0.15, 0.2) is 5.01 Å². The summed E-state index contributed by atoms with van der Waals surface area (Å²) in [6.07, 6.45) is 0.821. The number of aromatic nitrogens is 2. The third-order valence-corrected chi connectivity index (χ3v) is 3.49. The molecule has 0 bridgehead atoms. The molecular weight excluding hydrogens is 237 g/mol. The number of nitrogens with zero attached hydrogens (tertiary/aromatic N) is 2. The fraction of sp³-hybridized carbons (Fsp3) is 0.333. The van der Waals surface area contributed by atoms with Gasteiger partial charge in [0.25, 0.3) is 0 Å². The van der Waals surface area contributed by atoms with Crippen LogP contribution in [-0.4, -0.2) is 23.8 Å². The van der Waals surface area contributed by atoms with Crippen LogP contribution >= 0.6 is 11.3 Å². The van der Waals surface area contributed by atoms with Crippen LogP contribution in [-0.2, 0) is 6.42 Å². The summed E-state index contributed by atoms with van der Waals surface area (Å²) in [6, 6.07) is 5.33. The van der Waals surface area contributed by atoms with E-state index in [-0.39, 0.29) is 5.82 Å². The van der Waals surface area contributed by atoms with E-state index in [4.69, 9.17) is 0 Å². The van der Waals surface area contributed by atoms with Gasteiger partial charge in [-0.1, -0.05) is 23.5 Å². The van der Waals surface area contributed by atoms with Crippen LogP contribution < -0.4 is 5.32 Å². The van der Waals surface area contributed by atoms with Gasteiger partial charge in [0.1, 0.15) is 10.8 Å². The third kappa shape index (κ3) is 2.68. The van der Waals surface area contributed by atoms with E-state index in [2.05, 4.69) is 15.5 Å². The maximum absolute atomic E-state index is 13.9. The van der Waals surface area contributed by atoms with Gasteiger partial charge in [0.05, 0.1) is 0 Å². The van der Waals surface area contributed by atoms with Crippen LogP contribution in [0.4, 0.5) is 4.39 Å². The molecule has 0 unspecified atom stereocenters. The minimum Gasteiger partial charge on any atom is -0.319 e. The van der Waals surface area contributed by atoms with Crippen molar-refractivity contribution in [3.8, 4) is 10.6 Å². The lowest BCUT2D eigenvalue weighted by molar-refractivity contribution is 0.621. The average Bonchev–Trinajstić information content (AvgIpc) is 2.78. The predicted octanol–water partition coefficient (Wildman–Crippen LogP) is 2.41. The zero-order valence-electron chi connectivity index (χ0n) is 9.83. The summed E-state index contributed by atoms with van der Waals surface area (Å²) in [5.74, 6) is -0.205. The maximum Gasteiger partial charge on any atom is 0.150 e. The Labute approximate surface area is 104 Å². The van der Waals surface area contributed by atoms with E-state index in [0.29, 0.717) is 16.1 Å². The molecule has 0 aliphatic carbocycles. The number of hydrogen-bond donors (Lipinski definition) is 1. The topological polar surface area (TPSA) is 37.8 Å². The van der Waals surface area contributed by atoms with Crippen LogP contribution in [0.5, 0.6) is 0 Å². The second-order valence-electron chi connectivity index (χ2n) is 3.79. The standard InChI is InChI=1S/C12H14FN3S/c1-8-4-3-5-9(11(8)13)12-16-15-10(17-12)6-7-14-2/h3-5,14H,6-7H2,1-2H3. The van der Waals surface area contributed by atoms with Crippen LogP contribution in [0.3, 0.4) is 0 Å². The summed E-state index contributed by atoms with van der Waals surface area (Å²) in [4.78, 5) is 0. The molecule has 0 atom stereocenters. The Morgan fingerprint density at radius 2 is 2.18 bits per heavy atom. The Hall–Kier alpha value is -1.33. The molecule has 0 fully saturated rings. The molecule has 2 aromatic rings. The Morgan fingerprint density at radius 3 is 2.94 bits per heavy atom. The normalized spacial score (nSPS) is 10.8. The predicted molar refractivity (Wildman–Crippen MR) is 67.7 cm³/mol. The lowest BCUT2D eigenvalue weighted by Crippen LogP contribution is -2.09. The summed E-state index contributed by atoms with van der Waals surface area (Å²) in [5, 5.41) is 12.7. The quantitative estimate of drug-likeness (QED) is 0.906. The van der Waals surface area contributed by atoms with Gasteiger partial charge in [-0.3, -0.25) is 0 Å². The van der Waals surface area contributed by atoms with Gasteiger partial charge in [-0.2, -0.15) is 0 Å². The van der Waals surface area contributed by atoms with Gasteiger partial charge in [-0.15, -0.1) is 10.2 Å². The minimum absolute atomic E-state index is 0.205. The van der Waals surface area contributed by atoms with E-state index in [0.717, 1.165) is 18.0 Å². The Balaban J connectivity index is 2.27. The maximum atomic E-state index is 13.9. The van der Waals surface area contributed by atoms with Crippen molar-refractivity contribution in [2.24, 2.45) is 0 Å². The highest BCUT2D eigenvalue weighted by Crippen LogP contribution is 2.27. The number of rotatable bonds is 4. The van der Waals surface area contributed by atoms with E-state index >= 15 is 0 Å². The summed E-state index contributed by atoms with van der Waals surface area (Å²) in [7, 11) is 1.89. The average molecular weight is 251 g/mol. The lowest BCUT2D eigenvalue weighted by atomic mass is 10.1. The van der Waals surface area contributed by atoms with Crippen LogP contribution in [0.25, 0.3) is 10.6 Å². The second kappa shape index (κ2) is 5.33. The number of aryl methyl sites for hydroxylation is 1. The van der Waals surface area contributed by atoms with Crippen molar-refractivity contribution in [3.63, 3.8) is 0 Å². The summed E-state index contributed by atoms with van der Waals surface area (Å²) in [5.41, 5.74) is 1.17. The molecular formula is C12H14FN3S. The molecule has 0 spiro atoms. The minimum atomic E-state index is -0.205. The van der Waals surface area contributed by atoms with Gasteiger partial charge in [0.2, 0.25) is 0 Å². The molecule has 0 radical (unpaired) electrons. The van der Waals surface area contributed by atoms with Crippen LogP contribution in [0.15, 0.2) is 18.2 Å². The Morgan fingerprint density at radius 1 is 1.35 bits per heavy atom. The van der Waals surface area contributed by atoms with Crippen LogP contribution in [0.1, 0.15) is 10.6 Å². The number of nitrogens with one attached hydrogen (secondary N) is 1. The summed E-state index contributed by atoms with van der Waals surface area (Å²) >= 11 is 1.45. The molecule has 0 aliphatic rings. The summed E-state index contributed by atoms with van der Waals surface area (Å²) < 4.78 is 13.9. The molecule has 0 aliphatic heterocycles. The van der Waals surface area contributed by atoms with Gasteiger partial charge < -0.3 is 5.32 Å². The molecule has 90 valence electrons. The number of likely N-dealkylation sites (N-methyl/N-ethyl adjacent to an activating group) is 1. The van der Waals surface area contributed by atoms with Crippen molar-refractivity contribution in [2.45, 2.75) is 13.3 Å². The SMILES string of the molecule is CNCCc1nnc(-c2cccc(C)c2F)s1. The highest BCUT2D eigenvalue weighted by molar-refractivity contribution is 7.14. The van der Waals surface area contributed by atoms with E-state index < -0.39 is 0 Å².